The normalized spacial score (nSPS) is 12.7. The van der Waals surface area contributed by atoms with Gasteiger partial charge in [-0.05, 0) is 38.3 Å². The smallest absolute Gasteiger partial charge is 0.131 e. The summed E-state index contributed by atoms with van der Waals surface area (Å²) < 4.78 is 19.5. The van der Waals surface area contributed by atoms with Gasteiger partial charge in [-0.15, -0.1) is 0 Å². The van der Waals surface area contributed by atoms with Crippen molar-refractivity contribution in [1.29, 1.82) is 0 Å². The van der Waals surface area contributed by atoms with Gasteiger partial charge in [0, 0.05) is 17.7 Å². The first-order valence-electron chi connectivity index (χ1n) is 7.20. The minimum absolute atomic E-state index is 0.0321. The van der Waals surface area contributed by atoms with Crippen LogP contribution < -0.4 is 10.1 Å². The number of nitrogens with one attached hydrogen (secondary N) is 1. The van der Waals surface area contributed by atoms with E-state index in [0.717, 1.165) is 19.4 Å². The maximum absolute atomic E-state index is 14.0. The first kappa shape index (κ1) is 16.0. The second-order valence-electron chi connectivity index (χ2n) is 5.39. The molecule has 1 N–H and O–H groups in total. The maximum Gasteiger partial charge on any atom is 0.131 e. The lowest BCUT2D eigenvalue weighted by Crippen LogP contribution is -2.20. The molecule has 3 heteroatoms. The molecule has 1 unspecified atom stereocenters. The molecular formula is C16H26FNO. The van der Waals surface area contributed by atoms with Crippen LogP contribution in [-0.2, 0) is 0 Å². The third kappa shape index (κ3) is 5.60. The van der Waals surface area contributed by atoms with E-state index in [4.69, 9.17) is 4.74 Å². The van der Waals surface area contributed by atoms with E-state index in [1.165, 1.54) is 6.07 Å². The highest BCUT2D eigenvalue weighted by Crippen LogP contribution is 2.22. The fraction of sp³-hybridized carbons (Fsp3) is 0.625. The highest BCUT2D eigenvalue weighted by atomic mass is 19.1. The van der Waals surface area contributed by atoms with Crippen LogP contribution in [0.5, 0.6) is 5.75 Å². The Bertz CT molecular complexity index is 379. The molecule has 0 fully saturated rings. The second-order valence-corrected chi connectivity index (χ2v) is 5.39. The lowest BCUT2D eigenvalue weighted by molar-refractivity contribution is 0.288. The molecule has 1 rings (SSSR count). The molecule has 0 aliphatic rings. The van der Waals surface area contributed by atoms with Gasteiger partial charge in [-0.2, -0.15) is 0 Å². The standard InChI is InChI=1S/C16H26FNO/c1-5-9-18-13(4)15-7-6-14(11-16(15)17)19-10-8-12(2)3/h6-7,11-13,18H,5,8-10H2,1-4H3. The number of ether oxygens (including phenoxy) is 1. The first-order valence-corrected chi connectivity index (χ1v) is 7.20. The summed E-state index contributed by atoms with van der Waals surface area (Å²) >= 11 is 0. The molecule has 0 aliphatic carbocycles. The molecule has 1 aromatic carbocycles. The van der Waals surface area contributed by atoms with Gasteiger partial charge >= 0.3 is 0 Å². The first-order chi connectivity index (χ1) is 9.04. The summed E-state index contributed by atoms with van der Waals surface area (Å²) in [6.07, 6.45) is 2.03. The third-order valence-corrected chi connectivity index (χ3v) is 3.10. The zero-order valence-corrected chi connectivity index (χ0v) is 12.5. The Kier molecular flexibility index (Phi) is 6.85. The molecule has 0 bridgehead atoms. The predicted octanol–water partition coefficient (Wildman–Crippen LogP) is 4.31. The van der Waals surface area contributed by atoms with Gasteiger partial charge in [0.15, 0.2) is 0 Å². The maximum atomic E-state index is 14.0. The van der Waals surface area contributed by atoms with Crippen molar-refractivity contribution < 1.29 is 9.13 Å². The molecule has 108 valence electrons. The minimum Gasteiger partial charge on any atom is -0.493 e. The molecule has 19 heavy (non-hydrogen) atoms. The van der Waals surface area contributed by atoms with E-state index in [9.17, 15) is 4.39 Å². The van der Waals surface area contributed by atoms with E-state index >= 15 is 0 Å². The quantitative estimate of drug-likeness (QED) is 0.757. The molecule has 0 radical (unpaired) electrons. The van der Waals surface area contributed by atoms with Crippen molar-refractivity contribution in [3.63, 3.8) is 0 Å². The van der Waals surface area contributed by atoms with Crippen LogP contribution in [0.1, 0.15) is 52.1 Å². The van der Waals surface area contributed by atoms with Gasteiger partial charge in [-0.25, -0.2) is 4.39 Å². The number of halogens is 1. The molecule has 0 saturated heterocycles. The van der Waals surface area contributed by atoms with E-state index in [1.54, 1.807) is 0 Å². The highest BCUT2D eigenvalue weighted by Gasteiger charge is 2.11. The third-order valence-electron chi connectivity index (χ3n) is 3.10. The average molecular weight is 267 g/mol. The van der Waals surface area contributed by atoms with E-state index in [-0.39, 0.29) is 11.9 Å². The van der Waals surface area contributed by atoms with Gasteiger partial charge in [0.05, 0.1) is 6.61 Å². The molecule has 0 aromatic heterocycles. The van der Waals surface area contributed by atoms with Crippen molar-refractivity contribution in [1.82, 2.24) is 5.32 Å². The topological polar surface area (TPSA) is 21.3 Å². The lowest BCUT2D eigenvalue weighted by Gasteiger charge is -2.15. The Morgan fingerprint density at radius 2 is 2.00 bits per heavy atom. The van der Waals surface area contributed by atoms with E-state index in [2.05, 4.69) is 26.1 Å². The van der Waals surface area contributed by atoms with Gasteiger partial charge in [0.25, 0.3) is 0 Å². The largest absolute Gasteiger partial charge is 0.493 e. The summed E-state index contributed by atoms with van der Waals surface area (Å²) in [7, 11) is 0. The molecule has 2 nitrogen and oxygen atoms in total. The molecule has 1 aromatic rings. The summed E-state index contributed by atoms with van der Waals surface area (Å²) in [6.45, 7) is 9.91. The van der Waals surface area contributed by atoms with Crippen LogP contribution >= 0.6 is 0 Å². The zero-order chi connectivity index (χ0) is 14.3. The molecule has 1 atom stereocenters. The number of rotatable bonds is 8. The Labute approximate surface area is 116 Å². The summed E-state index contributed by atoms with van der Waals surface area (Å²) in [5.41, 5.74) is 0.699. The van der Waals surface area contributed by atoms with Gasteiger partial charge in [-0.3, -0.25) is 0 Å². The lowest BCUT2D eigenvalue weighted by atomic mass is 10.1. The van der Waals surface area contributed by atoms with Crippen molar-refractivity contribution in [3.05, 3.63) is 29.6 Å². The van der Waals surface area contributed by atoms with E-state index < -0.39 is 0 Å². The zero-order valence-electron chi connectivity index (χ0n) is 12.5. The summed E-state index contributed by atoms with van der Waals surface area (Å²) in [6, 6.07) is 5.18. The molecule has 0 saturated carbocycles. The van der Waals surface area contributed by atoms with Crippen LogP contribution in [-0.4, -0.2) is 13.2 Å². The summed E-state index contributed by atoms with van der Waals surface area (Å²) in [5.74, 6) is 1.02. The average Bonchev–Trinajstić information content (AvgIpc) is 2.35. The number of hydrogen-bond acceptors (Lipinski definition) is 2. The van der Waals surface area contributed by atoms with Crippen LogP contribution in [0.15, 0.2) is 18.2 Å². The minimum atomic E-state index is -0.196. The number of hydrogen-bond donors (Lipinski definition) is 1. The Balaban J connectivity index is 2.58. The summed E-state index contributed by atoms with van der Waals surface area (Å²) in [4.78, 5) is 0. The van der Waals surface area contributed by atoms with Crippen molar-refractivity contribution in [3.8, 4) is 5.75 Å². The molecule has 0 heterocycles. The predicted molar refractivity (Wildman–Crippen MR) is 78.1 cm³/mol. The van der Waals surface area contributed by atoms with Crippen LogP contribution in [0, 0.1) is 11.7 Å². The van der Waals surface area contributed by atoms with Crippen molar-refractivity contribution in [2.24, 2.45) is 5.92 Å². The highest BCUT2D eigenvalue weighted by molar-refractivity contribution is 5.30. The fourth-order valence-electron chi connectivity index (χ4n) is 1.83. The van der Waals surface area contributed by atoms with Crippen LogP contribution in [0.2, 0.25) is 0 Å². The van der Waals surface area contributed by atoms with Gasteiger partial charge in [-0.1, -0.05) is 26.8 Å². The van der Waals surface area contributed by atoms with Crippen molar-refractivity contribution in [2.45, 2.75) is 46.6 Å². The van der Waals surface area contributed by atoms with Crippen LogP contribution in [0.25, 0.3) is 0 Å². The molecule has 0 aliphatic heterocycles. The summed E-state index contributed by atoms with van der Waals surface area (Å²) in [5, 5.41) is 3.29. The SMILES string of the molecule is CCCNC(C)c1ccc(OCCC(C)C)cc1F. The fourth-order valence-corrected chi connectivity index (χ4v) is 1.83. The van der Waals surface area contributed by atoms with E-state index in [0.29, 0.717) is 23.8 Å². The van der Waals surface area contributed by atoms with Crippen LogP contribution in [0.4, 0.5) is 4.39 Å². The van der Waals surface area contributed by atoms with Gasteiger partial charge < -0.3 is 10.1 Å². The van der Waals surface area contributed by atoms with Crippen molar-refractivity contribution >= 4 is 0 Å². The van der Waals surface area contributed by atoms with Gasteiger partial charge in [0.2, 0.25) is 0 Å². The number of benzene rings is 1. The molecule has 0 amide bonds. The van der Waals surface area contributed by atoms with Crippen molar-refractivity contribution in [2.75, 3.05) is 13.2 Å². The second kappa shape index (κ2) is 8.16. The monoisotopic (exact) mass is 267 g/mol. The Morgan fingerprint density at radius 1 is 1.26 bits per heavy atom. The molecule has 0 spiro atoms. The Hall–Kier alpha value is -1.09. The molecular weight excluding hydrogens is 241 g/mol. The Morgan fingerprint density at radius 3 is 2.58 bits per heavy atom. The van der Waals surface area contributed by atoms with Crippen LogP contribution in [0.3, 0.4) is 0 Å². The van der Waals surface area contributed by atoms with E-state index in [1.807, 2.05) is 19.1 Å². The van der Waals surface area contributed by atoms with Gasteiger partial charge in [0.1, 0.15) is 11.6 Å².